The van der Waals surface area contributed by atoms with Crippen LogP contribution < -0.4 is 5.73 Å². The standard InChI is InChI=1S/C10H15NO2/c11-5-9-3-10(4-9)13-7-8-1-2-12-6-8/h1-2,6,9-10H,3-5,7,11H2. The number of rotatable bonds is 4. The fourth-order valence-electron chi connectivity index (χ4n) is 1.59. The Morgan fingerprint density at radius 3 is 3.00 bits per heavy atom. The summed E-state index contributed by atoms with van der Waals surface area (Å²) in [6, 6.07) is 1.93. The number of hydrogen-bond acceptors (Lipinski definition) is 3. The molecule has 1 saturated carbocycles. The summed E-state index contributed by atoms with van der Waals surface area (Å²) in [5.41, 5.74) is 6.62. The lowest BCUT2D eigenvalue weighted by Gasteiger charge is -2.34. The number of furan rings is 1. The van der Waals surface area contributed by atoms with Crippen molar-refractivity contribution in [2.45, 2.75) is 25.6 Å². The van der Waals surface area contributed by atoms with E-state index in [1.54, 1.807) is 12.5 Å². The Bertz CT molecular complexity index is 239. The second-order valence-corrected chi connectivity index (χ2v) is 3.64. The molecular weight excluding hydrogens is 166 g/mol. The Morgan fingerprint density at radius 1 is 1.54 bits per heavy atom. The average Bonchev–Trinajstić information content (AvgIpc) is 2.54. The molecular formula is C10H15NO2. The molecule has 13 heavy (non-hydrogen) atoms. The van der Waals surface area contributed by atoms with Gasteiger partial charge in [0.15, 0.2) is 0 Å². The van der Waals surface area contributed by atoms with Crippen LogP contribution >= 0.6 is 0 Å². The highest BCUT2D eigenvalue weighted by Crippen LogP contribution is 2.29. The summed E-state index contributed by atoms with van der Waals surface area (Å²) >= 11 is 0. The topological polar surface area (TPSA) is 48.4 Å². The molecule has 72 valence electrons. The average molecular weight is 181 g/mol. The summed E-state index contributed by atoms with van der Waals surface area (Å²) in [7, 11) is 0. The Hall–Kier alpha value is -0.800. The molecule has 0 aromatic carbocycles. The van der Waals surface area contributed by atoms with E-state index in [4.69, 9.17) is 14.9 Å². The van der Waals surface area contributed by atoms with Crippen LogP contribution in [0.25, 0.3) is 0 Å². The highest BCUT2D eigenvalue weighted by molar-refractivity contribution is 5.03. The van der Waals surface area contributed by atoms with Gasteiger partial charge in [-0.3, -0.25) is 0 Å². The van der Waals surface area contributed by atoms with Crippen LogP contribution in [0.3, 0.4) is 0 Å². The maximum atomic E-state index is 5.64. The van der Waals surface area contributed by atoms with Gasteiger partial charge < -0.3 is 14.9 Å². The second kappa shape index (κ2) is 3.94. The van der Waals surface area contributed by atoms with Gasteiger partial charge in [-0.2, -0.15) is 0 Å². The fraction of sp³-hybridized carbons (Fsp3) is 0.600. The minimum atomic E-state index is 0.420. The molecule has 1 heterocycles. The first kappa shape index (κ1) is 8.78. The molecule has 0 spiro atoms. The van der Waals surface area contributed by atoms with Crippen molar-refractivity contribution in [3.8, 4) is 0 Å². The largest absolute Gasteiger partial charge is 0.472 e. The van der Waals surface area contributed by atoms with E-state index in [9.17, 15) is 0 Å². The van der Waals surface area contributed by atoms with Gasteiger partial charge in [0.25, 0.3) is 0 Å². The quantitative estimate of drug-likeness (QED) is 0.766. The van der Waals surface area contributed by atoms with Gasteiger partial charge in [0.2, 0.25) is 0 Å². The Labute approximate surface area is 77.9 Å². The molecule has 0 bridgehead atoms. The van der Waals surface area contributed by atoms with Crippen LogP contribution in [0.15, 0.2) is 23.0 Å². The Balaban J connectivity index is 1.65. The van der Waals surface area contributed by atoms with Gasteiger partial charge >= 0.3 is 0 Å². The fourth-order valence-corrected chi connectivity index (χ4v) is 1.59. The molecule has 0 unspecified atom stereocenters. The Morgan fingerprint density at radius 2 is 2.38 bits per heavy atom. The van der Waals surface area contributed by atoms with Gasteiger partial charge in [-0.25, -0.2) is 0 Å². The minimum Gasteiger partial charge on any atom is -0.472 e. The highest BCUT2D eigenvalue weighted by atomic mass is 16.5. The first-order valence-electron chi connectivity index (χ1n) is 4.71. The van der Waals surface area contributed by atoms with E-state index in [-0.39, 0.29) is 0 Å². The van der Waals surface area contributed by atoms with E-state index in [0.717, 1.165) is 24.9 Å². The molecule has 1 aliphatic rings. The lowest BCUT2D eigenvalue weighted by atomic mass is 9.82. The van der Waals surface area contributed by atoms with Crippen LogP contribution in [0.2, 0.25) is 0 Å². The van der Waals surface area contributed by atoms with Crippen molar-refractivity contribution in [2.75, 3.05) is 6.54 Å². The predicted molar refractivity (Wildman–Crippen MR) is 49.1 cm³/mol. The number of ether oxygens (including phenoxy) is 1. The normalized spacial score (nSPS) is 27.2. The van der Waals surface area contributed by atoms with Crippen LogP contribution in [0.5, 0.6) is 0 Å². The van der Waals surface area contributed by atoms with Crippen LogP contribution in [0.1, 0.15) is 18.4 Å². The summed E-state index contributed by atoms with van der Waals surface area (Å²) in [4.78, 5) is 0. The van der Waals surface area contributed by atoms with E-state index >= 15 is 0 Å². The predicted octanol–water partition coefficient (Wildman–Crippen LogP) is 1.53. The van der Waals surface area contributed by atoms with Crippen molar-refractivity contribution in [1.29, 1.82) is 0 Å². The monoisotopic (exact) mass is 181 g/mol. The zero-order chi connectivity index (χ0) is 9.10. The van der Waals surface area contributed by atoms with Gasteiger partial charge in [-0.15, -0.1) is 0 Å². The lowest BCUT2D eigenvalue weighted by Crippen LogP contribution is -2.35. The molecule has 3 heteroatoms. The van der Waals surface area contributed by atoms with E-state index in [2.05, 4.69) is 0 Å². The first-order chi connectivity index (χ1) is 6.38. The molecule has 2 rings (SSSR count). The minimum absolute atomic E-state index is 0.420. The van der Waals surface area contributed by atoms with Gasteiger partial charge in [-0.1, -0.05) is 0 Å². The third-order valence-corrected chi connectivity index (χ3v) is 2.59. The summed E-state index contributed by atoms with van der Waals surface area (Å²) in [5.74, 6) is 0.689. The third-order valence-electron chi connectivity index (χ3n) is 2.59. The molecule has 1 aromatic heterocycles. The molecule has 1 aromatic rings. The molecule has 0 saturated heterocycles. The molecule has 3 nitrogen and oxygen atoms in total. The highest BCUT2D eigenvalue weighted by Gasteiger charge is 2.28. The molecule has 1 aliphatic carbocycles. The van der Waals surface area contributed by atoms with Crippen molar-refractivity contribution in [2.24, 2.45) is 11.7 Å². The van der Waals surface area contributed by atoms with Gasteiger partial charge in [0, 0.05) is 5.56 Å². The van der Waals surface area contributed by atoms with Crippen LogP contribution in [0.4, 0.5) is 0 Å². The van der Waals surface area contributed by atoms with Crippen LogP contribution in [0, 0.1) is 5.92 Å². The zero-order valence-electron chi connectivity index (χ0n) is 7.61. The van der Waals surface area contributed by atoms with Crippen molar-refractivity contribution in [3.05, 3.63) is 24.2 Å². The number of hydrogen-bond donors (Lipinski definition) is 1. The number of nitrogens with two attached hydrogens (primary N) is 1. The van der Waals surface area contributed by atoms with Crippen molar-refractivity contribution in [1.82, 2.24) is 0 Å². The molecule has 0 aliphatic heterocycles. The van der Waals surface area contributed by atoms with E-state index in [1.165, 1.54) is 0 Å². The van der Waals surface area contributed by atoms with Crippen LogP contribution in [-0.2, 0) is 11.3 Å². The lowest BCUT2D eigenvalue weighted by molar-refractivity contribution is -0.0377. The molecule has 1 fully saturated rings. The van der Waals surface area contributed by atoms with Crippen molar-refractivity contribution >= 4 is 0 Å². The Kier molecular flexibility index (Phi) is 2.66. The molecule has 0 atom stereocenters. The zero-order valence-corrected chi connectivity index (χ0v) is 7.61. The van der Waals surface area contributed by atoms with E-state index in [1.807, 2.05) is 6.07 Å². The van der Waals surface area contributed by atoms with Crippen molar-refractivity contribution < 1.29 is 9.15 Å². The van der Waals surface area contributed by atoms with Gasteiger partial charge in [-0.05, 0) is 31.4 Å². The molecule has 0 amide bonds. The molecule has 0 radical (unpaired) electrons. The third kappa shape index (κ3) is 2.11. The maximum absolute atomic E-state index is 5.64. The first-order valence-corrected chi connectivity index (χ1v) is 4.71. The van der Waals surface area contributed by atoms with E-state index in [0.29, 0.717) is 18.6 Å². The van der Waals surface area contributed by atoms with Gasteiger partial charge in [0.05, 0.1) is 25.2 Å². The SMILES string of the molecule is NCC1CC(OCc2ccoc2)C1. The second-order valence-electron chi connectivity index (χ2n) is 3.64. The van der Waals surface area contributed by atoms with Crippen LogP contribution in [-0.4, -0.2) is 12.6 Å². The summed E-state index contributed by atoms with van der Waals surface area (Å²) in [6.07, 6.45) is 6.05. The van der Waals surface area contributed by atoms with E-state index < -0.39 is 0 Å². The van der Waals surface area contributed by atoms with Crippen molar-refractivity contribution in [3.63, 3.8) is 0 Å². The smallest absolute Gasteiger partial charge is 0.0957 e. The summed E-state index contributed by atoms with van der Waals surface area (Å²) in [6.45, 7) is 1.46. The maximum Gasteiger partial charge on any atom is 0.0957 e. The van der Waals surface area contributed by atoms with Gasteiger partial charge in [0.1, 0.15) is 0 Å². The summed E-state index contributed by atoms with van der Waals surface area (Å²) < 4.78 is 10.6. The molecule has 2 N–H and O–H groups in total. The summed E-state index contributed by atoms with van der Waals surface area (Å²) in [5, 5.41) is 0.